The van der Waals surface area contributed by atoms with Gasteiger partial charge in [-0.1, -0.05) is 12.1 Å². The third-order valence-electron chi connectivity index (χ3n) is 2.75. The van der Waals surface area contributed by atoms with Crippen LogP contribution in [0.1, 0.15) is 17.4 Å². The van der Waals surface area contributed by atoms with Crippen molar-refractivity contribution < 1.29 is 9.50 Å². The molecule has 0 aliphatic rings. The summed E-state index contributed by atoms with van der Waals surface area (Å²) in [6.45, 7) is 1.70. The van der Waals surface area contributed by atoms with Gasteiger partial charge in [0.2, 0.25) is 0 Å². The van der Waals surface area contributed by atoms with E-state index in [1.807, 2.05) is 0 Å². The standard InChI is InChI=1S/C13H15FN4O/c1-8-12(14)13(18-7-17-8)16-6-11(19)9-2-4-10(15)5-3-9/h2-5,7,11,19H,6,15H2,1H3,(H,16,17,18). The van der Waals surface area contributed by atoms with Crippen molar-refractivity contribution in [3.8, 4) is 0 Å². The molecule has 5 nitrogen and oxygen atoms in total. The first kappa shape index (κ1) is 13.2. The fourth-order valence-electron chi connectivity index (χ4n) is 1.61. The van der Waals surface area contributed by atoms with E-state index in [2.05, 4.69) is 15.3 Å². The number of aliphatic hydroxyl groups excluding tert-OH is 1. The van der Waals surface area contributed by atoms with Crippen molar-refractivity contribution in [1.82, 2.24) is 9.97 Å². The van der Waals surface area contributed by atoms with Crippen LogP contribution in [-0.4, -0.2) is 21.6 Å². The summed E-state index contributed by atoms with van der Waals surface area (Å²) in [6, 6.07) is 6.86. The van der Waals surface area contributed by atoms with Gasteiger partial charge in [0.15, 0.2) is 11.6 Å². The van der Waals surface area contributed by atoms with Gasteiger partial charge in [0.05, 0.1) is 11.8 Å². The normalized spacial score (nSPS) is 12.2. The first-order chi connectivity index (χ1) is 9.08. The Morgan fingerprint density at radius 2 is 2.00 bits per heavy atom. The van der Waals surface area contributed by atoms with E-state index in [0.29, 0.717) is 11.3 Å². The molecule has 1 unspecified atom stereocenters. The highest BCUT2D eigenvalue weighted by atomic mass is 19.1. The van der Waals surface area contributed by atoms with Crippen molar-refractivity contribution in [3.05, 3.63) is 47.7 Å². The zero-order chi connectivity index (χ0) is 13.8. The second kappa shape index (κ2) is 5.62. The predicted molar refractivity (Wildman–Crippen MR) is 71.0 cm³/mol. The number of nitrogens with two attached hydrogens (primary N) is 1. The van der Waals surface area contributed by atoms with Crippen molar-refractivity contribution in [2.45, 2.75) is 13.0 Å². The molecule has 1 atom stereocenters. The Morgan fingerprint density at radius 3 is 2.68 bits per heavy atom. The molecule has 0 amide bonds. The van der Waals surface area contributed by atoms with Gasteiger partial charge >= 0.3 is 0 Å². The van der Waals surface area contributed by atoms with Crippen molar-refractivity contribution in [2.24, 2.45) is 0 Å². The van der Waals surface area contributed by atoms with Gasteiger partial charge in [-0.25, -0.2) is 14.4 Å². The zero-order valence-electron chi connectivity index (χ0n) is 10.5. The van der Waals surface area contributed by atoms with Crippen LogP contribution in [0.2, 0.25) is 0 Å². The summed E-state index contributed by atoms with van der Waals surface area (Å²) in [4.78, 5) is 7.52. The molecule has 0 radical (unpaired) electrons. The Bertz CT molecular complexity index is 559. The Labute approximate surface area is 110 Å². The lowest BCUT2D eigenvalue weighted by Crippen LogP contribution is -2.14. The van der Waals surface area contributed by atoms with E-state index < -0.39 is 11.9 Å². The largest absolute Gasteiger partial charge is 0.399 e. The molecule has 100 valence electrons. The van der Waals surface area contributed by atoms with Crippen LogP contribution in [0.25, 0.3) is 0 Å². The molecular formula is C13H15FN4O. The number of nitrogens with one attached hydrogen (secondary N) is 1. The SMILES string of the molecule is Cc1ncnc(NCC(O)c2ccc(N)cc2)c1F. The van der Waals surface area contributed by atoms with Gasteiger partial charge in [-0.3, -0.25) is 0 Å². The number of nitrogen functional groups attached to an aromatic ring is 1. The molecule has 0 fully saturated rings. The maximum atomic E-state index is 13.6. The molecule has 6 heteroatoms. The summed E-state index contributed by atoms with van der Waals surface area (Å²) in [7, 11) is 0. The molecule has 0 saturated carbocycles. The Morgan fingerprint density at radius 1 is 1.32 bits per heavy atom. The van der Waals surface area contributed by atoms with Crippen LogP contribution in [0.3, 0.4) is 0 Å². The molecule has 0 bridgehead atoms. The molecule has 0 aliphatic carbocycles. The van der Waals surface area contributed by atoms with Gasteiger partial charge in [0, 0.05) is 12.2 Å². The molecular weight excluding hydrogens is 247 g/mol. The molecule has 1 heterocycles. The molecule has 0 aliphatic heterocycles. The number of benzene rings is 1. The average Bonchev–Trinajstić information content (AvgIpc) is 2.41. The van der Waals surface area contributed by atoms with Crippen LogP contribution in [0, 0.1) is 12.7 Å². The van der Waals surface area contributed by atoms with E-state index in [-0.39, 0.29) is 18.1 Å². The number of hydrogen-bond acceptors (Lipinski definition) is 5. The number of nitrogens with zero attached hydrogens (tertiary/aromatic N) is 2. The van der Waals surface area contributed by atoms with Crippen molar-refractivity contribution in [1.29, 1.82) is 0 Å². The second-order valence-corrected chi connectivity index (χ2v) is 4.19. The maximum Gasteiger partial charge on any atom is 0.186 e. The van der Waals surface area contributed by atoms with Crippen LogP contribution in [-0.2, 0) is 0 Å². The smallest absolute Gasteiger partial charge is 0.186 e. The lowest BCUT2D eigenvalue weighted by Gasteiger charge is -2.13. The number of aryl methyl sites for hydroxylation is 1. The van der Waals surface area contributed by atoms with E-state index in [4.69, 9.17) is 5.73 Å². The lowest BCUT2D eigenvalue weighted by atomic mass is 10.1. The molecule has 0 saturated heterocycles. The van der Waals surface area contributed by atoms with Crippen LogP contribution >= 0.6 is 0 Å². The molecule has 2 aromatic rings. The summed E-state index contributed by atoms with van der Waals surface area (Å²) in [6.07, 6.45) is 0.506. The Kier molecular flexibility index (Phi) is 3.91. The second-order valence-electron chi connectivity index (χ2n) is 4.19. The van der Waals surface area contributed by atoms with E-state index in [1.54, 1.807) is 31.2 Å². The monoisotopic (exact) mass is 262 g/mol. The Hall–Kier alpha value is -2.21. The predicted octanol–water partition coefficient (Wildman–Crippen LogP) is 1.65. The van der Waals surface area contributed by atoms with Gasteiger partial charge < -0.3 is 16.2 Å². The fraction of sp³-hybridized carbons (Fsp3) is 0.231. The lowest BCUT2D eigenvalue weighted by molar-refractivity contribution is 0.191. The minimum Gasteiger partial charge on any atom is -0.399 e. The molecule has 1 aromatic heterocycles. The summed E-state index contributed by atoms with van der Waals surface area (Å²) < 4.78 is 13.6. The van der Waals surface area contributed by atoms with Gasteiger partial charge in [-0.15, -0.1) is 0 Å². The third kappa shape index (κ3) is 3.17. The molecule has 0 spiro atoms. The topological polar surface area (TPSA) is 84.1 Å². The van der Waals surface area contributed by atoms with Gasteiger partial charge in [-0.05, 0) is 24.6 Å². The van der Waals surface area contributed by atoms with Crippen LogP contribution in [0.4, 0.5) is 15.9 Å². The van der Waals surface area contributed by atoms with Gasteiger partial charge in [0.1, 0.15) is 6.33 Å². The van der Waals surface area contributed by atoms with Crippen molar-refractivity contribution >= 4 is 11.5 Å². The first-order valence-electron chi connectivity index (χ1n) is 5.82. The summed E-state index contributed by atoms with van der Waals surface area (Å²) in [5, 5.41) is 12.7. The number of rotatable bonds is 4. The number of hydrogen-bond donors (Lipinski definition) is 3. The number of anilines is 2. The summed E-state index contributed by atoms with van der Waals surface area (Å²) >= 11 is 0. The van der Waals surface area contributed by atoms with Crippen LogP contribution in [0.5, 0.6) is 0 Å². The highest BCUT2D eigenvalue weighted by molar-refractivity contribution is 5.41. The van der Waals surface area contributed by atoms with Crippen molar-refractivity contribution in [3.63, 3.8) is 0 Å². The van der Waals surface area contributed by atoms with Crippen molar-refractivity contribution in [2.75, 3.05) is 17.6 Å². The summed E-state index contributed by atoms with van der Waals surface area (Å²) in [5.41, 5.74) is 7.16. The minimum atomic E-state index is -0.768. The van der Waals surface area contributed by atoms with E-state index in [0.717, 1.165) is 0 Å². The highest BCUT2D eigenvalue weighted by Crippen LogP contribution is 2.17. The van der Waals surface area contributed by atoms with Gasteiger partial charge in [-0.2, -0.15) is 0 Å². The fourth-order valence-corrected chi connectivity index (χ4v) is 1.61. The van der Waals surface area contributed by atoms with E-state index >= 15 is 0 Å². The van der Waals surface area contributed by atoms with Crippen LogP contribution in [0.15, 0.2) is 30.6 Å². The number of aromatic nitrogens is 2. The zero-order valence-corrected chi connectivity index (χ0v) is 10.5. The molecule has 19 heavy (non-hydrogen) atoms. The quantitative estimate of drug-likeness (QED) is 0.730. The molecule has 2 rings (SSSR count). The van der Waals surface area contributed by atoms with E-state index in [9.17, 15) is 9.50 Å². The number of aliphatic hydroxyl groups is 1. The maximum absolute atomic E-state index is 13.6. The Balaban J connectivity index is 2.02. The summed E-state index contributed by atoms with van der Waals surface area (Å²) in [5.74, 6) is -0.422. The van der Waals surface area contributed by atoms with Gasteiger partial charge in [0.25, 0.3) is 0 Å². The third-order valence-corrected chi connectivity index (χ3v) is 2.75. The minimum absolute atomic E-state index is 0.0852. The number of halogens is 1. The molecule has 4 N–H and O–H groups in total. The highest BCUT2D eigenvalue weighted by Gasteiger charge is 2.11. The average molecular weight is 262 g/mol. The van der Waals surface area contributed by atoms with E-state index in [1.165, 1.54) is 6.33 Å². The van der Waals surface area contributed by atoms with Crippen LogP contribution < -0.4 is 11.1 Å². The first-order valence-corrected chi connectivity index (χ1v) is 5.82. The molecule has 1 aromatic carbocycles.